The average molecular weight is 366 g/mol. The number of rotatable bonds is 4. The molecule has 4 heterocycles. The fourth-order valence-corrected chi connectivity index (χ4v) is 5.74. The highest BCUT2D eigenvalue weighted by Gasteiger charge is 2.48. The standard InChI is InChI=1S/C21H26N4O2/c1-12-5-6-25(12)21-18(9-22)15-3-2-4-16(15)20(23-21)24-10-13-7-14(11-24)17(13)8-19(26)27/h12-14,17H,2-8,10-11H2,1H3,(H,26,27)/t12-,13-,14+,17-/m0/s1. The molecule has 5 aliphatic rings. The van der Waals surface area contributed by atoms with Crippen LogP contribution >= 0.6 is 0 Å². The first-order valence-electron chi connectivity index (χ1n) is 10.3. The van der Waals surface area contributed by atoms with Gasteiger partial charge in [-0.05, 0) is 67.9 Å². The smallest absolute Gasteiger partial charge is 0.303 e. The van der Waals surface area contributed by atoms with E-state index < -0.39 is 5.97 Å². The molecule has 3 saturated heterocycles. The van der Waals surface area contributed by atoms with E-state index in [1.54, 1.807) is 0 Å². The molecule has 6 nitrogen and oxygen atoms in total. The number of nitrogens with zero attached hydrogens (tertiary/aromatic N) is 4. The van der Waals surface area contributed by atoms with Gasteiger partial charge in [0.1, 0.15) is 17.7 Å². The van der Waals surface area contributed by atoms with Gasteiger partial charge in [-0.1, -0.05) is 0 Å². The van der Waals surface area contributed by atoms with Gasteiger partial charge in [-0.15, -0.1) is 0 Å². The number of carboxylic acids is 1. The van der Waals surface area contributed by atoms with E-state index in [4.69, 9.17) is 10.1 Å². The van der Waals surface area contributed by atoms with Crippen LogP contribution < -0.4 is 9.80 Å². The van der Waals surface area contributed by atoms with Crippen LogP contribution in [0.5, 0.6) is 0 Å². The van der Waals surface area contributed by atoms with Gasteiger partial charge < -0.3 is 14.9 Å². The van der Waals surface area contributed by atoms with Crippen molar-refractivity contribution < 1.29 is 9.90 Å². The van der Waals surface area contributed by atoms with Gasteiger partial charge >= 0.3 is 5.97 Å². The Morgan fingerprint density at radius 2 is 2.00 bits per heavy atom. The summed E-state index contributed by atoms with van der Waals surface area (Å²) in [4.78, 5) is 20.9. The first-order chi connectivity index (χ1) is 13.1. The summed E-state index contributed by atoms with van der Waals surface area (Å²) in [5.41, 5.74) is 3.29. The van der Waals surface area contributed by atoms with E-state index in [9.17, 15) is 10.1 Å². The van der Waals surface area contributed by atoms with Gasteiger partial charge in [0.25, 0.3) is 0 Å². The molecule has 27 heavy (non-hydrogen) atoms. The highest BCUT2D eigenvalue weighted by Crippen LogP contribution is 2.49. The second kappa shape index (κ2) is 6.12. The quantitative estimate of drug-likeness (QED) is 0.882. The number of aliphatic carboxylic acids is 1. The van der Waals surface area contributed by atoms with E-state index in [0.717, 1.165) is 68.9 Å². The molecule has 0 amide bonds. The third-order valence-corrected chi connectivity index (χ3v) is 7.36. The first-order valence-corrected chi connectivity index (χ1v) is 10.3. The molecule has 1 saturated carbocycles. The molecular formula is C21H26N4O2. The first kappa shape index (κ1) is 16.9. The molecule has 142 valence electrons. The van der Waals surface area contributed by atoms with Crippen molar-refractivity contribution in [3.05, 3.63) is 16.7 Å². The molecule has 1 aromatic rings. The van der Waals surface area contributed by atoms with Gasteiger partial charge in [-0.25, -0.2) is 4.98 Å². The summed E-state index contributed by atoms with van der Waals surface area (Å²) in [7, 11) is 0. The minimum Gasteiger partial charge on any atom is -0.481 e. The zero-order valence-corrected chi connectivity index (χ0v) is 15.8. The zero-order valence-electron chi connectivity index (χ0n) is 15.8. The summed E-state index contributed by atoms with van der Waals surface area (Å²) < 4.78 is 0. The number of nitriles is 1. The predicted molar refractivity (Wildman–Crippen MR) is 102 cm³/mol. The monoisotopic (exact) mass is 366 g/mol. The fourth-order valence-electron chi connectivity index (χ4n) is 5.74. The Kier molecular flexibility index (Phi) is 3.82. The van der Waals surface area contributed by atoms with Crippen molar-refractivity contribution in [3.8, 4) is 6.07 Å². The van der Waals surface area contributed by atoms with E-state index in [1.165, 1.54) is 11.1 Å². The number of carbonyl (C=O) groups is 1. The van der Waals surface area contributed by atoms with Crippen molar-refractivity contribution >= 4 is 17.6 Å². The molecule has 3 aliphatic heterocycles. The summed E-state index contributed by atoms with van der Waals surface area (Å²) in [6.07, 6.45) is 5.70. The summed E-state index contributed by atoms with van der Waals surface area (Å²) in [5.74, 6) is 2.57. The van der Waals surface area contributed by atoms with E-state index >= 15 is 0 Å². The minimum atomic E-state index is -0.672. The molecule has 1 aromatic heterocycles. The van der Waals surface area contributed by atoms with Crippen LogP contribution in [0, 0.1) is 29.1 Å². The summed E-state index contributed by atoms with van der Waals surface area (Å²) in [5, 5.41) is 19.0. The molecule has 0 radical (unpaired) electrons. The molecule has 2 aliphatic carbocycles. The number of piperidine rings is 2. The third kappa shape index (κ3) is 2.51. The van der Waals surface area contributed by atoms with Crippen LogP contribution in [0.4, 0.5) is 11.6 Å². The Hall–Kier alpha value is -2.29. The van der Waals surface area contributed by atoms with Crippen LogP contribution in [0.2, 0.25) is 0 Å². The summed E-state index contributed by atoms with van der Waals surface area (Å²) in [6, 6.07) is 2.90. The third-order valence-electron chi connectivity index (χ3n) is 7.36. The molecule has 2 bridgehead atoms. The number of hydrogen-bond donors (Lipinski definition) is 1. The summed E-state index contributed by atoms with van der Waals surface area (Å²) in [6.45, 7) is 5.00. The van der Waals surface area contributed by atoms with E-state index in [1.807, 2.05) is 0 Å². The SMILES string of the molecule is C[C@H]1CCN1c1nc(N2C[C@H]3C[C@@H](C2)[C@@H]3CC(=O)O)c2c(c1C#N)CCC2. The minimum absolute atomic E-state index is 0.304. The lowest BCUT2D eigenvalue weighted by molar-refractivity contribution is -0.141. The largest absolute Gasteiger partial charge is 0.481 e. The number of pyridine rings is 1. The number of carboxylic acid groups (broad SMARTS) is 1. The van der Waals surface area contributed by atoms with Crippen molar-refractivity contribution in [3.63, 3.8) is 0 Å². The van der Waals surface area contributed by atoms with Gasteiger partial charge in [-0.3, -0.25) is 4.79 Å². The van der Waals surface area contributed by atoms with Gasteiger partial charge in [0.2, 0.25) is 0 Å². The maximum Gasteiger partial charge on any atom is 0.303 e. The van der Waals surface area contributed by atoms with Crippen LogP contribution in [0.25, 0.3) is 0 Å². The molecular weight excluding hydrogens is 340 g/mol. The molecule has 1 N–H and O–H groups in total. The van der Waals surface area contributed by atoms with Crippen LogP contribution in [0.1, 0.15) is 49.3 Å². The highest BCUT2D eigenvalue weighted by atomic mass is 16.4. The Bertz CT molecular complexity index is 834. The Morgan fingerprint density at radius 3 is 2.59 bits per heavy atom. The molecule has 6 rings (SSSR count). The van der Waals surface area contributed by atoms with Gasteiger partial charge in [0, 0.05) is 32.1 Å². The maximum atomic E-state index is 11.1. The van der Waals surface area contributed by atoms with E-state index in [-0.39, 0.29) is 0 Å². The predicted octanol–water partition coefficient (Wildman–Crippen LogP) is 2.59. The Morgan fingerprint density at radius 1 is 1.26 bits per heavy atom. The lowest BCUT2D eigenvalue weighted by Gasteiger charge is -2.54. The second-order valence-corrected chi connectivity index (χ2v) is 8.81. The van der Waals surface area contributed by atoms with Crippen molar-refractivity contribution in [1.29, 1.82) is 5.26 Å². The highest BCUT2D eigenvalue weighted by molar-refractivity contribution is 5.70. The zero-order chi connectivity index (χ0) is 18.7. The Balaban J connectivity index is 1.49. The maximum absolute atomic E-state index is 11.1. The fraction of sp³-hybridized carbons (Fsp3) is 0.667. The van der Waals surface area contributed by atoms with E-state index in [2.05, 4.69) is 22.8 Å². The lowest BCUT2D eigenvalue weighted by atomic mass is 9.60. The number of hydrogen-bond acceptors (Lipinski definition) is 5. The van der Waals surface area contributed by atoms with Crippen molar-refractivity contribution in [2.24, 2.45) is 17.8 Å². The van der Waals surface area contributed by atoms with Gasteiger partial charge in [-0.2, -0.15) is 5.26 Å². The molecule has 0 unspecified atom stereocenters. The molecule has 4 atom stereocenters. The van der Waals surface area contributed by atoms with Crippen LogP contribution in [0.15, 0.2) is 0 Å². The van der Waals surface area contributed by atoms with Crippen molar-refractivity contribution in [2.45, 2.75) is 51.5 Å². The van der Waals surface area contributed by atoms with Crippen molar-refractivity contribution in [1.82, 2.24) is 4.98 Å². The molecule has 6 heteroatoms. The number of aromatic nitrogens is 1. The lowest BCUT2D eigenvalue weighted by Crippen LogP contribution is -2.56. The average Bonchev–Trinajstić information content (AvgIpc) is 3.13. The van der Waals surface area contributed by atoms with Crippen LogP contribution in [-0.4, -0.2) is 41.7 Å². The second-order valence-electron chi connectivity index (χ2n) is 8.81. The van der Waals surface area contributed by atoms with Crippen LogP contribution in [0.3, 0.4) is 0 Å². The normalized spacial score (nSPS) is 31.0. The molecule has 4 fully saturated rings. The van der Waals surface area contributed by atoms with Crippen molar-refractivity contribution in [2.75, 3.05) is 29.4 Å². The number of anilines is 2. The van der Waals surface area contributed by atoms with Gasteiger partial charge in [0.05, 0.1) is 5.56 Å². The topological polar surface area (TPSA) is 80.5 Å². The Labute approximate surface area is 159 Å². The molecule has 0 aromatic carbocycles. The number of fused-ring (bicyclic) bond motifs is 3. The summed E-state index contributed by atoms with van der Waals surface area (Å²) >= 11 is 0. The molecule has 0 spiro atoms. The van der Waals surface area contributed by atoms with Crippen LogP contribution in [-0.2, 0) is 17.6 Å². The van der Waals surface area contributed by atoms with E-state index in [0.29, 0.717) is 30.2 Å². The van der Waals surface area contributed by atoms with Gasteiger partial charge in [0.15, 0.2) is 0 Å².